The fraction of sp³-hybridized carbons (Fsp3) is 1.00. The fourth-order valence-electron chi connectivity index (χ4n) is 9.46. The Labute approximate surface area is 219 Å². The second kappa shape index (κ2) is 15.4. The number of rotatable bonds is 12. The molecule has 0 aromatic heterocycles. The minimum Gasteiger partial charge on any atom is -0.251 e. The molecule has 1 heteroatoms. The summed E-state index contributed by atoms with van der Waals surface area (Å²) in [4.78, 5) is 0. The molecular weight excluding hydrogens is 427 g/mol. The Morgan fingerprint density at radius 2 is 0.714 bits per heavy atom. The third-order valence-electron chi connectivity index (χ3n) is 11.9. The molecule has 35 heavy (non-hydrogen) atoms. The van der Waals surface area contributed by atoms with E-state index in [2.05, 4.69) is 6.92 Å². The van der Waals surface area contributed by atoms with Crippen molar-refractivity contribution in [1.29, 1.82) is 0 Å². The van der Waals surface area contributed by atoms with Crippen molar-refractivity contribution in [2.45, 2.75) is 161 Å². The Hall–Kier alpha value is -0.0700. The minimum absolute atomic E-state index is 0.114. The third kappa shape index (κ3) is 8.74. The van der Waals surface area contributed by atoms with Gasteiger partial charge in [0.15, 0.2) is 0 Å². The molecule has 0 saturated heterocycles. The van der Waals surface area contributed by atoms with E-state index in [1.54, 1.807) is 77.0 Å². The first-order valence-corrected chi connectivity index (χ1v) is 16.8. The van der Waals surface area contributed by atoms with E-state index < -0.39 is 0 Å². The van der Waals surface area contributed by atoms with E-state index in [4.69, 9.17) is 0 Å². The van der Waals surface area contributed by atoms with Gasteiger partial charge in [-0.2, -0.15) is 0 Å². The lowest BCUT2D eigenvalue weighted by Crippen LogP contribution is -2.31. The quantitative estimate of drug-likeness (QED) is 0.240. The van der Waals surface area contributed by atoms with Gasteiger partial charge in [-0.1, -0.05) is 77.6 Å². The maximum absolute atomic E-state index is 12.3. The smallest absolute Gasteiger partial charge is 0.0894 e. The van der Waals surface area contributed by atoms with Crippen molar-refractivity contribution in [3.8, 4) is 0 Å². The summed E-state index contributed by atoms with van der Waals surface area (Å²) in [7, 11) is 0. The molecular formula is C34H61F. The van der Waals surface area contributed by atoms with Crippen LogP contribution in [0.5, 0.6) is 0 Å². The molecule has 204 valence electrons. The van der Waals surface area contributed by atoms with E-state index in [0.717, 1.165) is 60.2 Å². The van der Waals surface area contributed by atoms with Crippen LogP contribution in [0.25, 0.3) is 0 Å². The summed E-state index contributed by atoms with van der Waals surface area (Å²) in [6.07, 6.45) is 35.1. The van der Waals surface area contributed by atoms with Gasteiger partial charge in [0.1, 0.15) is 0 Å². The van der Waals surface area contributed by atoms with Crippen LogP contribution >= 0.6 is 0 Å². The Balaban J connectivity index is 1.07. The Morgan fingerprint density at radius 3 is 1.03 bits per heavy atom. The molecule has 4 aliphatic carbocycles. The number of unbranched alkanes of at least 4 members (excludes halogenated alkanes) is 4. The molecule has 0 unspecified atom stereocenters. The van der Waals surface area contributed by atoms with Crippen molar-refractivity contribution < 1.29 is 4.39 Å². The van der Waals surface area contributed by atoms with Gasteiger partial charge < -0.3 is 0 Å². The summed E-state index contributed by atoms with van der Waals surface area (Å²) >= 11 is 0. The molecule has 4 rings (SSSR count). The van der Waals surface area contributed by atoms with Crippen LogP contribution in [-0.2, 0) is 0 Å². The van der Waals surface area contributed by atoms with Gasteiger partial charge in [-0.3, -0.25) is 4.39 Å². The zero-order valence-corrected chi connectivity index (χ0v) is 23.7. The monoisotopic (exact) mass is 488 g/mol. The minimum atomic E-state index is -0.114. The zero-order valence-electron chi connectivity index (χ0n) is 23.7. The summed E-state index contributed by atoms with van der Waals surface area (Å²) in [6, 6.07) is 0. The third-order valence-corrected chi connectivity index (χ3v) is 11.9. The molecule has 0 aromatic carbocycles. The van der Waals surface area contributed by atoms with Gasteiger partial charge >= 0.3 is 0 Å². The van der Waals surface area contributed by atoms with Gasteiger partial charge in [-0.15, -0.1) is 0 Å². The molecule has 4 saturated carbocycles. The van der Waals surface area contributed by atoms with Gasteiger partial charge in [-0.05, 0) is 131 Å². The first-order chi connectivity index (χ1) is 17.3. The van der Waals surface area contributed by atoms with Crippen molar-refractivity contribution in [2.75, 3.05) is 6.67 Å². The van der Waals surface area contributed by atoms with Crippen LogP contribution in [0.2, 0.25) is 0 Å². The van der Waals surface area contributed by atoms with Gasteiger partial charge in [0.25, 0.3) is 0 Å². The van der Waals surface area contributed by atoms with E-state index in [-0.39, 0.29) is 6.67 Å². The van der Waals surface area contributed by atoms with E-state index in [0.29, 0.717) is 0 Å². The molecule has 0 aromatic rings. The predicted molar refractivity (Wildman–Crippen MR) is 150 cm³/mol. The number of hydrogen-bond donors (Lipinski definition) is 0. The Bertz CT molecular complexity index is 525. The Morgan fingerprint density at radius 1 is 0.400 bits per heavy atom. The van der Waals surface area contributed by atoms with Crippen molar-refractivity contribution in [3.05, 3.63) is 0 Å². The first kappa shape index (κ1) is 28.0. The zero-order chi connectivity index (χ0) is 24.3. The fourth-order valence-corrected chi connectivity index (χ4v) is 9.46. The van der Waals surface area contributed by atoms with Gasteiger partial charge in [0.2, 0.25) is 0 Å². The van der Waals surface area contributed by atoms with Crippen molar-refractivity contribution in [3.63, 3.8) is 0 Å². The normalized spacial score (nSPS) is 38.9. The molecule has 0 nitrogen and oxygen atoms in total. The molecule has 0 aliphatic heterocycles. The highest BCUT2D eigenvalue weighted by atomic mass is 19.1. The van der Waals surface area contributed by atoms with Gasteiger partial charge in [-0.25, -0.2) is 0 Å². The van der Waals surface area contributed by atoms with Crippen molar-refractivity contribution >= 4 is 0 Å². The highest BCUT2D eigenvalue weighted by molar-refractivity contribution is 4.88. The lowest BCUT2D eigenvalue weighted by molar-refractivity contribution is 0.0847. The largest absolute Gasteiger partial charge is 0.251 e. The maximum atomic E-state index is 12.3. The lowest BCUT2D eigenvalue weighted by Gasteiger charge is -2.43. The Kier molecular flexibility index (Phi) is 12.3. The van der Waals surface area contributed by atoms with E-state index in [1.165, 1.54) is 64.2 Å². The van der Waals surface area contributed by atoms with Gasteiger partial charge in [0, 0.05) is 0 Å². The number of halogens is 1. The summed E-state index contributed by atoms with van der Waals surface area (Å²) in [5, 5.41) is 0. The average molecular weight is 489 g/mol. The van der Waals surface area contributed by atoms with Crippen LogP contribution in [0.1, 0.15) is 161 Å². The van der Waals surface area contributed by atoms with E-state index in [1.807, 2.05) is 0 Å². The van der Waals surface area contributed by atoms with E-state index in [9.17, 15) is 4.39 Å². The molecule has 4 aliphatic rings. The molecule has 0 heterocycles. The summed E-state index contributed by atoms with van der Waals surface area (Å²) in [5.74, 6) is 8.49. The predicted octanol–water partition coefficient (Wildman–Crippen LogP) is 11.3. The molecule has 0 bridgehead atoms. The van der Waals surface area contributed by atoms with Crippen LogP contribution < -0.4 is 0 Å². The van der Waals surface area contributed by atoms with Crippen LogP contribution in [0, 0.1) is 47.3 Å². The lowest BCUT2D eigenvalue weighted by atomic mass is 9.63. The molecule has 4 fully saturated rings. The second-order valence-corrected chi connectivity index (χ2v) is 13.9. The van der Waals surface area contributed by atoms with E-state index >= 15 is 0 Å². The highest BCUT2D eigenvalue weighted by Gasteiger charge is 2.36. The highest BCUT2D eigenvalue weighted by Crippen LogP contribution is 2.48. The van der Waals surface area contributed by atoms with Crippen LogP contribution in [-0.4, -0.2) is 6.67 Å². The van der Waals surface area contributed by atoms with Crippen molar-refractivity contribution in [1.82, 2.24) is 0 Å². The molecule has 0 radical (unpaired) electrons. The van der Waals surface area contributed by atoms with Crippen LogP contribution in [0.15, 0.2) is 0 Å². The second-order valence-electron chi connectivity index (χ2n) is 13.9. The molecule has 0 atom stereocenters. The van der Waals surface area contributed by atoms with Crippen LogP contribution in [0.4, 0.5) is 4.39 Å². The SMILES string of the molecule is CCCCCC1CCC(C2CCC(C3CCC(C4CCC(CCCCCF)CC4)CC3)CC2)CC1. The van der Waals surface area contributed by atoms with Gasteiger partial charge in [0.05, 0.1) is 6.67 Å². The molecule has 0 N–H and O–H groups in total. The molecule has 0 amide bonds. The topological polar surface area (TPSA) is 0 Å². The summed E-state index contributed by atoms with van der Waals surface area (Å²) in [6.45, 7) is 2.23. The maximum Gasteiger partial charge on any atom is 0.0894 e. The average Bonchev–Trinajstić information content (AvgIpc) is 2.92. The van der Waals surface area contributed by atoms with Crippen LogP contribution in [0.3, 0.4) is 0 Å². The van der Waals surface area contributed by atoms with Crippen molar-refractivity contribution in [2.24, 2.45) is 47.3 Å². The summed E-state index contributed by atoms with van der Waals surface area (Å²) in [5.41, 5.74) is 0. The molecule has 0 spiro atoms. The number of hydrogen-bond acceptors (Lipinski definition) is 0. The first-order valence-electron chi connectivity index (χ1n) is 16.8. The summed E-state index contributed by atoms with van der Waals surface area (Å²) < 4.78 is 12.3. The standard InChI is InChI=1S/C34H61F/c1-2-3-5-8-27-10-14-29(15-11-27)31-18-22-33(23-19-31)34-24-20-32(21-25-34)30-16-12-28(13-17-30)9-6-4-7-26-35/h27-34H,2-26H2,1H3. The number of alkyl halides is 1.